The van der Waals surface area contributed by atoms with Gasteiger partial charge in [-0.1, -0.05) is 18.2 Å². The van der Waals surface area contributed by atoms with E-state index in [0.29, 0.717) is 17.9 Å². The first-order valence-electron chi connectivity index (χ1n) is 5.53. The number of aromatic nitrogens is 1. The lowest BCUT2D eigenvalue weighted by atomic mass is 10.1. The molecule has 0 fully saturated rings. The molecule has 0 saturated carbocycles. The second-order valence-corrected chi connectivity index (χ2v) is 4.15. The molecular weight excluding hydrogens is 237 g/mol. The van der Waals surface area contributed by atoms with Gasteiger partial charge in [0.2, 0.25) is 0 Å². The van der Waals surface area contributed by atoms with E-state index in [1.54, 1.807) is 12.3 Å². The van der Waals surface area contributed by atoms with Gasteiger partial charge in [-0.2, -0.15) is 0 Å². The molecule has 0 aliphatic carbocycles. The second-order valence-electron chi connectivity index (χ2n) is 3.88. The van der Waals surface area contributed by atoms with Crippen LogP contribution in [0.3, 0.4) is 0 Å². The lowest BCUT2D eigenvalue weighted by molar-refractivity contribution is 0.606. The lowest BCUT2D eigenvalue weighted by Gasteiger charge is -2.04. The maximum atomic E-state index is 13.7. The quantitative estimate of drug-likeness (QED) is 0.752. The van der Waals surface area contributed by atoms with Crippen LogP contribution in [-0.2, 0) is 18.7 Å². The van der Waals surface area contributed by atoms with Crippen LogP contribution in [-0.4, -0.2) is 4.98 Å². The van der Waals surface area contributed by atoms with Gasteiger partial charge in [-0.25, -0.2) is 4.39 Å². The first kappa shape index (κ1) is 12.1. The van der Waals surface area contributed by atoms with Crippen LogP contribution in [0.2, 0.25) is 0 Å². The van der Waals surface area contributed by atoms with Gasteiger partial charge in [0, 0.05) is 17.8 Å². The molecule has 2 rings (SSSR count). The van der Waals surface area contributed by atoms with Crippen LogP contribution in [0.15, 0.2) is 42.6 Å². The number of benzene rings is 1. The Bertz CT molecular complexity index is 485. The monoisotopic (exact) mass is 249 g/mol. The second kappa shape index (κ2) is 5.78. The van der Waals surface area contributed by atoms with E-state index in [1.807, 2.05) is 24.3 Å². The number of rotatable bonds is 4. The first-order chi connectivity index (χ1) is 8.29. The highest BCUT2D eigenvalue weighted by Gasteiger charge is 2.04. The predicted octanol–water partition coefficient (Wildman–Crippen LogP) is 3.74. The molecule has 1 aromatic carbocycles. The smallest absolute Gasteiger partial charge is 0.126 e. The third kappa shape index (κ3) is 3.27. The fourth-order valence-electron chi connectivity index (χ4n) is 1.69. The van der Waals surface area contributed by atoms with Crippen molar-refractivity contribution >= 4 is 11.6 Å². The Morgan fingerprint density at radius 1 is 1.12 bits per heavy atom. The van der Waals surface area contributed by atoms with Gasteiger partial charge in [0.15, 0.2) is 0 Å². The first-order valence-corrected chi connectivity index (χ1v) is 6.06. The minimum Gasteiger partial charge on any atom is -0.261 e. The molecule has 1 aromatic heterocycles. The highest BCUT2D eigenvalue weighted by atomic mass is 35.5. The SMILES string of the molecule is Fc1cc(CCl)ccc1CCc1ccccn1. The molecule has 0 N–H and O–H groups in total. The maximum absolute atomic E-state index is 13.7. The Labute approximate surface area is 105 Å². The van der Waals surface area contributed by atoms with Crippen LogP contribution in [0.5, 0.6) is 0 Å². The van der Waals surface area contributed by atoms with Crippen molar-refractivity contribution < 1.29 is 4.39 Å². The van der Waals surface area contributed by atoms with E-state index in [9.17, 15) is 4.39 Å². The molecule has 1 heterocycles. The van der Waals surface area contributed by atoms with Crippen molar-refractivity contribution in [2.45, 2.75) is 18.7 Å². The summed E-state index contributed by atoms with van der Waals surface area (Å²) in [4.78, 5) is 4.21. The van der Waals surface area contributed by atoms with Gasteiger partial charge in [0.25, 0.3) is 0 Å². The normalized spacial score (nSPS) is 10.5. The largest absolute Gasteiger partial charge is 0.261 e. The Balaban J connectivity index is 2.04. The van der Waals surface area contributed by atoms with Crippen molar-refractivity contribution in [2.75, 3.05) is 0 Å². The molecule has 0 radical (unpaired) electrons. The number of alkyl halides is 1. The van der Waals surface area contributed by atoms with Crippen molar-refractivity contribution in [2.24, 2.45) is 0 Å². The van der Waals surface area contributed by atoms with E-state index in [4.69, 9.17) is 11.6 Å². The summed E-state index contributed by atoms with van der Waals surface area (Å²) in [6.45, 7) is 0. The molecule has 0 atom stereocenters. The van der Waals surface area contributed by atoms with Crippen LogP contribution >= 0.6 is 11.6 Å². The minimum atomic E-state index is -0.181. The van der Waals surface area contributed by atoms with Gasteiger partial charge < -0.3 is 0 Å². The zero-order valence-corrected chi connectivity index (χ0v) is 10.1. The summed E-state index contributed by atoms with van der Waals surface area (Å²) in [6, 6.07) is 10.9. The van der Waals surface area contributed by atoms with Crippen LogP contribution < -0.4 is 0 Å². The van der Waals surface area contributed by atoms with Crippen LogP contribution in [0.1, 0.15) is 16.8 Å². The average Bonchev–Trinajstić information content (AvgIpc) is 2.38. The molecule has 0 aliphatic heterocycles. The van der Waals surface area contributed by atoms with Gasteiger partial charge in [-0.05, 0) is 42.2 Å². The molecule has 0 saturated heterocycles. The summed E-state index contributed by atoms with van der Waals surface area (Å²) in [5.41, 5.74) is 2.50. The third-order valence-electron chi connectivity index (χ3n) is 2.65. The van der Waals surface area contributed by atoms with E-state index in [0.717, 1.165) is 17.7 Å². The number of pyridine rings is 1. The molecule has 0 amide bonds. The van der Waals surface area contributed by atoms with Crippen LogP contribution in [0.25, 0.3) is 0 Å². The summed E-state index contributed by atoms with van der Waals surface area (Å²) in [5.74, 6) is 0.163. The van der Waals surface area contributed by atoms with Crippen molar-refractivity contribution in [1.29, 1.82) is 0 Å². The Morgan fingerprint density at radius 2 is 2.00 bits per heavy atom. The fourth-order valence-corrected chi connectivity index (χ4v) is 1.85. The highest BCUT2D eigenvalue weighted by Crippen LogP contribution is 2.14. The minimum absolute atomic E-state index is 0.181. The lowest BCUT2D eigenvalue weighted by Crippen LogP contribution is -1.97. The topological polar surface area (TPSA) is 12.9 Å². The summed E-state index contributed by atoms with van der Waals surface area (Å²) >= 11 is 5.65. The van der Waals surface area contributed by atoms with Crippen molar-refractivity contribution in [3.05, 3.63) is 65.2 Å². The predicted molar refractivity (Wildman–Crippen MR) is 67.6 cm³/mol. The number of aryl methyl sites for hydroxylation is 2. The molecule has 3 heteroatoms. The number of halogens is 2. The third-order valence-corrected chi connectivity index (χ3v) is 2.96. The van der Waals surface area contributed by atoms with Crippen molar-refractivity contribution in [1.82, 2.24) is 4.98 Å². The molecule has 17 heavy (non-hydrogen) atoms. The van der Waals surface area contributed by atoms with Crippen molar-refractivity contribution in [3.63, 3.8) is 0 Å². The van der Waals surface area contributed by atoms with E-state index in [2.05, 4.69) is 4.98 Å². The molecule has 0 aliphatic rings. The van der Waals surface area contributed by atoms with Gasteiger partial charge in [0.05, 0.1) is 0 Å². The van der Waals surface area contributed by atoms with E-state index in [-0.39, 0.29) is 5.82 Å². The highest BCUT2D eigenvalue weighted by molar-refractivity contribution is 6.17. The fraction of sp³-hybridized carbons (Fsp3) is 0.214. The van der Waals surface area contributed by atoms with Crippen LogP contribution in [0.4, 0.5) is 4.39 Å². The van der Waals surface area contributed by atoms with E-state index >= 15 is 0 Å². The van der Waals surface area contributed by atoms with E-state index in [1.165, 1.54) is 6.07 Å². The summed E-state index contributed by atoms with van der Waals surface area (Å²) < 4.78 is 13.7. The number of nitrogens with zero attached hydrogens (tertiary/aromatic N) is 1. The van der Waals surface area contributed by atoms with Gasteiger partial charge in [-0.15, -0.1) is 11.6 Å². The van der Waals surface area contributed by atoms with E-state index < -0.39 is 0 Å². The maximum Gasteiger partial charge on any atom is 0.126 e. The molecule has 0 bridgehead atoms. The zero-order chi connectivity index (χ0) is 12.1. The Kier molecular flexibility index (Phi) is 4.10. The standard InChI is InChI=1S/C14H13ClFN/c15-10-11-4-5-12(14(16)9-11)6-7-13-3-1-2-8-17-13/h1-5,8-9H,6-7,10H2. The molecule has 88 valence electrons. The summed E-state index contributed by atoms with van der Waals surface area (Å²) in [5, 5.41) is 0. The summed E-state index contributed by atoms with van der Waals surface area (Å²) in [7, 11) is 0. The van der Waals surface area contributed by atoms with Crippen LogP contribution in [0, 0.1) is 5.82 Å². The Hall–Kier alpha value is -1.41. The molecule has 0 spiro atoms. The molecule has 1 nitrogen and oxygen atoms in total. The average molecular weight is 250 g/mol. The summed E-state index contributed by atoms with van der Waals surface area (Å²) in [6.07, 6.45) is 3.16. The number of hydrogen-bond acceptors (Lipinski definition) is 1. The number of hydrogen-bond donors (Lipinski definition) is 0. The zero-order valence-electron chi connectivity index (χ0n) is 9.37. The molecule has 2 aromatic rings. The molecule has 0 unspecified atom stereocenters. The van der Waals surface area contributed by atoms with Gasteiger partial charge in [0.1, 0.15) is 5.82 Å². The van der Waals surface area contributed by atoms with Gasteiger partial charge >= 0.3 is 0 Å². The molecular formula is C14H13ClFN. The van der Waals surface area contributed by atoms with Crippen molar-refractivity contribution in [3.8, 4) is 0 Å². The van der Waals surface area contributed by atoms with Gasteiger partial charge in [-0.3, -0.25) is 4.98 Å². The Morgan fingerprint density at radius 3 is 2.65 bits per heavy atom.